The molecular weight excluding hydrogens is 429 g/mol. The summed E-state index contributed by atoms with van der Waals surface area (Å²) in [5.41, 5.74) is -0.181. The Morgan fingerprint density at radius 2 is 1.90 bits per heavy atom. The van der Waals surface area contributed by atoms with Crippen LogP contribution in [0.15, 0.2) is 54.7 Å². The Kier molecular flexibility index (Phi) is 5.66. The van der Waals surface area contributed by atoms with Gasteiger partial charge in [0.1, 0.15) is 0 Å². The molecule has 162 valence electrons. The summed E-state index contributed by atoms with van der Waals surface area (Å²) in [6.45, 7) is 4.12. The molecule has 1 saturated heterocycles. The van der Waals surface area contributed by atoms with Gasteiger partial charge in [0.25, 0.3) is 5.91 Å². The first kappa shape index (κ1) is 21.2. The predicted molar refractivity (Wildman–Crippen MR) is 114 cm³/mol. The van der Waals surface area contributed by atoms with Crippen molar-refractivity contribution in [3.05, 3.63) is 71.0 Å². The van der Waals surface area contributed by atoms with Crippen LogP contribution in [0.2, 0.25) is 5.02 Å². The quantitative estimate of drug-likeness (QED) is 0.561. The molecule has 1 unspecified atom stereocenters. The molecular formula is C22H20ClF3N4O. The van der Waals surface area contributed by atoms with Gasteiger partial charge in [-0.05, 0) is 54.8 Å². The lowest BCUT2D eigenvalue weighted by Crippen LogP contribution is -2.21. The number of anilines is 2. The first-order valence-corrected chi connectivity index (χ1v) is 10.2. The summed E-state index contributed by atoms with van der Waals surface area (Å²) in [6, 6.07) is 12.9. The monoisotopic (exact) mass is 448 g/mol. The minimum absolute atomic E-state index is 0.114. The van der Waals surface area contributed by atoms with Crippen molar-refractivity contribution in [2.45, 2.75) is 19.5 Å². The van der Waals surface area contributed by atoms with Crippen LogP contribution in [0, 0.1) is 5.92 Å². The van der Waals surface area contributed by atoms with Crippen molar-refractivity contribution in [3.8, 4) is 5.69 Å². The normalized spacial score (nSPS) is 16.5. The molecule has 1 N–H and O–H groups in total. The van der Waals surface area contributed by atoms with E-state index in [0.717, 1.165) is 31.4 Å². The largest absolute Gasteiger partial charge is 0.434 e. The smallest absolute Gasteiger partial charge is 0.371 e. The van der Waals surface area contributed by atoms with Crippen LogP contribution in [0.3, 0.4) is 0 Å². The maximum atomic E-state index is 13.8. The van der Waals surface area contributed by atoms with Crippen molar-refractivity contribution < 1.29 is 18.0 Å². The number of benzene rings is 2. The molecule has 0 bridgehead atoms. The van der Waals surface area contributed by atoms with E-state index < -0.39 is 23.3 Å². The molecule has 1 fully saturated rings. The molecule has 2 heterocycles. The van der Waals surface area contributed by atoms with Gasteiger partial charge >= 0.3 is 6.18 Å². The van der Waals surface area contributed by atoms with Gasteiger partial charge < -0.3 is 10.2 Å². The van der Waals surface area contributed by atoms with E-state index in [4.69, 9.17) is 11.6 Å². The van der Waals surface area contributed by atoms with Gasteiger partial charge in [0, 0.05) is 29.5 Å². The Hall–Kier alpha value is -3.00. The highest BCUT2D eigenvalue weighted by Gasteiger charge is 2.40. The lowest BCUT2D eigenvalue weighted by molar-refractivity contribution is -0.143. The second-order valence-electron chi connectivity index (χ2n) is 7.64. The Labute approximate surface area is 182 Å². The third-order valence-electron chi connectivity index (χ3n) is 5.25. The number of carbonyl (C=O) groups excluding carboxylic acids is 1. The average molecular weight is 449 g/mol. The number of aromatic nitrogens is 2. The second kappa shape index (κ2) is 8.26. The average Bonchev–Trinajstić information content (AvgIpc) is 3.35. The van der Waals surface area contributed by atoms with Gasteiger partial charge in [-0.2, -0.15) is 18.3 Å². The van der Waals surface area contributed by atoms with Crippen LogP contribution < -0.4 is 10.2 Å². The van der Waals surface area contributed by atoms with Gasteiger partial charge in [0.2, 0.25) is 0 Å². The fourth-order valence-electron chi connectivity index (χ4n) is 3.71. The van der Waals surface area contributed by atoms with Crippen molar-refractivity contribution >= 4 is 28.9 Å². The van der Waals surface area contributed by atoms with Gasteiger partial charge in [-0.15, -0.1) is 0 Å². The number of amides is 1. The Morgan fingerprint density at radius 3 is 2.52 bits per heavy atom. The third-order valence-corrected chi connectivity index (χ3v) is 5.48. The minimum atomic E-state index is -4.79. The van der Waals surface area contributed by atoms with Crippen LogP contribution in [0.4, 0.5) is 24.5 Å². The number of hydrogen-bond donors (Lipinski definition) is 1. The van der Waals surface area contributed by atoms with Crippen molar-refractivity contribution in [1.29, 1.82) is 0 Å². The van der Waals surface area contributed by atoms with Crippen molar-refractivity contribution in [2.24, 2.45) is 5.92 Å². The zero-order valence-electron chi connectivity index (χ0n) is 16.7. The van der Waals surface area contributed by atoms with Gasteiger partial charge in [-0.25, -0.2) is 4.68 Å². The van der Waals surface area contributed by atoms with Crippen molar-refractivity contribution in [2.75, 3.05) is 23.3 Å². The molecule has 0 radical (unpaired) electrons. The van der Waals surface area contributed by atoms with Crippen LogP contribution >= 0.6 is 11.6 Å². The summed E-state index contributed by atoms with van der Waals surface area (Å²) in [5, 5.41) is 6.60. The van der Waals surface area contributed by atoms with Crippen molar-refractivity contribution in [3.63, 3.8) is 0 Å². The summed E-state index contributed by atoms with van der Waals surface area (Å²) in [7, 11) is 0. The fourth-order valence-corrected chi connectivity index (χ4v) is 3.90. The lowest BCUT2D eigenvalue weighted by Gasteiger charge is -2.18. The maximum Gasteiger partial charge on any atom is 0.434 e. The summed E-state index contributed by atoms with van der Waals surface area (Å²) in [6.07, 6.45) is -2.75. The highest BCUT2D eigenvalue weighted by Crippen LogP contribution is 2.34. The summed E-state index contributed by atoms with van der Waals surface area (Å²) in [5.74, 6) is -0.264. The second-order valence-corrected chi connectivity index (χ2v) is 8.07. The topological polar surface area (TPSA) is 50.2 Å². The van der Waals surface area contributed by atoms with Gasteiger partial charge in [-0.3, -0.25) is 4.79 Å². The molecule has 0 aliphatic carbocycles. The highest BCUT2D eigenvalue weighted by molar-refractivity contribution is 6.30. The molecule has 2 aromatic carbocycles. The summed E-state index contributed by atoms with van der Waals surface area (Å²) >= 11 is 5.90. The number of nitrogens with zero attached hydrogens (tertiary/aromatic N) is 3. The molecule has 31 heavy (non-hydrogen) atoms. The highest BCUT2D eigenvalue weighted by atomic mass is 35.5. The van der Waals surface area contributed by atoms with Crippen LogP contribution in [0.5, 0.6) is 0 Å². The first-order chi connectivity index (χ1) is 14.7. The molecule has 3 aromatic rings. The Morgan fingerprint density at radius 1 is 1.16 bits per heavy atom. The standard InChI is InChI=1S/C22H20ClF3N4O/c1-14-9-10-29(13-14)17-7-5-16(6-8-17)28-21(31)19-12-27-30(20(19)22(24,25)26)18-4-2-3-15(23)11-18/h2-8,11-12,14H,9-10,13H2,1H3,(H,28,31). The molecule has 1 aliphatic heterocycles. The van der Waals surface area contributed by atoms with Crippen LogP contribution in [-0.2, 0) is 6.18 Å². The van der Waals surface area contributed by atoms with E-state index in [-0.39, 0.29) is 10.7 Å². The van der Waals surface area contributed by atoms with E-state index in [1.165, 1.54) is 18.2 Å². The van der Waals surface area contributed by atoms with E-state index in [2.05, 4.69) is 22.2 Å². The van der Waals surface area contributed by atoms with E-state index in [1.807, 2.05) is 12.1 Å². The minimum Gasteiger partial charge on any atom is -0.371 e. The molecule has 0 spiro atoms. The third kappa shape index (κ3) is 4.54. The van der Waals surface area contributed by atoms with Gasteiger partial charge in [0.15, 0.2) is 5.69 Å². The number of carbonyl (C=O) groups is 1. The van der Waals surface area contributed by atoms with Crippen molar-refractivity contribution in [1.82, 2.24) is 9.78 Å². The molecule has 5 nitrogen and oxygen atoms in total. The van der Waals surface area contributed by atoms with Crippen LogP contribution in [0.25, 0.3) is 5.69 Å². The summed E-state index contributed by atoms with van der Waals surface area (Å²) < 4.78 is 42.1. The fraction of sp³-hybridized carbons (Fsp3) is 0.273. The van der Waals surface area contributed by atoms with Crippen LogP contribution in [-0.4, -0.2) is 28.8 Å². The Balaban J connectivity index is 1.59. The van der Waals surface area contributed by atoms with E-state index in [1.54, 1.807) is 18.2 Å². The van der Waals surface area contributed by atoms with E-state index >= 15 is 0 Å². The molecule has 1 aliphatic rings. The maximum absolute atomic E-state index is 13.8. The zero-order chi connectivity index (χ0) is 22.2. The van der Waals surface area contributed by atoms with Crippen LogP contribution in [0.1, 0.15) is 29.4 Å². The first-order valence-electron chi connectivity index (χ1n) is 9.80. The lowest BCUT2D eigenvalue weighted by atomic mass is 10.2. The molecule has 4 rings (SSSR count). The molecule has 0 saturated carbocycles. The molecule has 1 atom stereocenters. The molecule has 1 aromatic heterocycles. The number of rotatable bonds is 4. The molecule has 1 amide bonds. The number of nitrogens with one attached hydrogen (secondary N) is 1. The number of alkyl halides is 3. The number of halogens is 4. The van der Waals surface area contributed by atoms with Gasteiger partial charge in [-0.1, -0.05) is 24.6 Å². The van der Waals surface area contributed by atoms with E-state index in [9.17, 15) is 18.0 Å². The zero-order valence-corrected chi connectivity index (χ0v) is 17.4. The Bertz CT molecular complexity index is 1090. The molecule has 9 heteroatoms. The van der Waals surface area contributed by atoms with E-state index in [0.29, 0.717) is 16.3 Å². The SMILES string of the molecule is CC1CCN(c2ccc(NC(=O)c3cnn(-c4cccc(Cl)c4)c3C(F)(F)F)cc2)C1. The van der Waals surface area contributed by atoms with Gasteiger partial charge in [0.05, 0.1) is 17.4 Å². The number of hydrogen-bond acceptors (Lipinski definition) is 3. The summed E-state index contributed by atoms with van der Waals surface area (Å²) in [4.78, 5) is 14.9. The predicted octanol–water partition coefficient (Wildman–Crippen LogP) is 5.64.